The molecule has 0 bridgehead atoms. The summed E-state index contributed by atoms with van der Waals surface area (Å²) in [7, 11) is -4.53. The molecule has 0 saturated heterocycles. The highest BCUT2D eigenvalue weighted by atomic mass is 32.2. The Morgan fingerprint density at radius 2 is 1.86 bits per heavy atom. The largest absolute Gasteiger partial charge is 0.478 e. The molecule has 1 aliphatic carbocycles. The molecule has 7 nitrogen and oxygen atoms in total. The number of nitrogens with zero attached hydrogens (tertiary/aromatic N) is 2. The van der Waals surface area contributed by atoms with Gasteiger partial charge in [-0.3, -0.25) is 4.98 Å². The van der Waals surface area contributed by atoms with Crippen molar-refractivity contribution in [3.63, 3.8) is 0 Å². The summed E-state index contributed by atoms with van der Waals surface area (Å²) in [6, 6.07) is 3.84. The fraction of sp³-hybridized carbons (Fsp3) is 0.391. The van der Waals surface area contributed by atoms with Crippen LogP contribution in [0.4, 0.5) is 17.6 Å². The standard InChI is InChI=1S/C23H23F4N3O4S/c1-13(23(25,26)27)29-35(33,34)16-8-9-18(28-12-16)21-20(22(31)32)17-11-14(24)7-10-19(17)30(21)15-5-3-2-4-6-15/h7-13,15,29H,2-6H2,1H3,(H,31,32)/t13-/m0/s1. The summed E-state index contributed by atoms with van der Waals surface area (Å²) < 4.78 is 80.7. The molecule has 0 aliphatic heterocycles. The first kappa shape index (κ1) is 25.1. The average Bonchev–Trinajstić information content (AvgIpc) is 3.13. The number of benzene rings is 1. The maximum absolute atomic E-state index is 14.1. The van der Waals surface area contributed by atoms with E-state index in [9.17, 15) is 35.9 Å². The van der Waals surface area contributed by atoms with E-state index in [1.54, 1.807) is 4.72 Å². The molecular formula is C23H23F4N3O4S. The molecule has 0 amide bonds. The minimum Gasteiger partial charge on any atom is -0.478 e. The Bertz CT molecular complexity index is 1360. The SMILES string of the molecule is C[C@H](NS(=O)(=O)c1ccc(-c2c(C(=O)O)c3cc(F)ccc3n2C2CCCCC2)nc1)C(F)(F)F. The highest BCUT2D eigenvalue weighted by Crippen LogP contribution is 2.40. The molecule has 35 heavy (non-hydrogen) atoms. The van der Waals surface area contributed by atoms with Crippen LogP contribution in [0.1, 0.15) is 55.4 Å². The zero-order chi connectivity index (χ0) is 25.5. The van der Waals surface area contributed by atoms with Crippen LogP contribution < -0.4 is 4.72 Å². The van der Waals surface area contributed by atoms with Crippen LogP contribution in [0.25, 0.3) is 22.3 Å². The molecule has 0 unspecified atom stereocenters. The van der Waals surface area contributed by atoms with E-state index in [-0.39, 0.29) is 28.4 Å². The lowest BCUT2D eigenvalue weighted by Crippen LogP contribution is -2.42. The summed E-state index contributed by atoms with van der Waals surface area (Å²) in [5.41, 5.74) is 0.667. The smallest absolute Gasteiger partial charge is 0.404 e. The summed E-state index contributed by atoms with van der Waals surface area (Å²) in [6.45, 7) is 0.681. The molecule has 0 spiro atoms. The Balaban J connectivity index is 1.85. The van der Waals surface area contributed by atoms with Crippen LogP contribution in [0.3, 0.4) is 0 Å². The second kappa shape index (κ2) is 9.23. The summed E-state index contributed by atoms with van der Waals surface area (Å²) >= 11 is 0. The van der Waals surface area contributed by atoms with Crippen LogP contribution in [-0.4, -0.2) is 41.3 Å². The second-order valence-electron chi connectivity index (χ2n) is 8.62. The molecule has 3 aromatic rings. The molecule has 1 saturated carbocycles. The Morgan fingerprint density at radius 3 is 2.43 bits per heavy atom. The highest BCUT2D eigenvalue weighted by molar-refractivity contribution is 7.89. The average molecular weight is 514 g/mol. The number of carboxylic acid groups (broad SMARTS) is 1. The van der Waals surface area contributed by atoms with Crippen LogP contribution in [0.5, 0.6) is 0 Å². The van der Waals surface area contributed by atoms with Gasteiger partial charge in [-0.2, -0.15) is 17.9 Å². The Hall–Kier alpha value is -2.99. The van der Waals surface area contributed by atoms with Gasteiger partial charge in [-0.15, -0.1) is 0 Å². The molecule has 1 atom stereocenters. The van der Waals surface area contributed by atoms with E-state index in [0.717, 1.165) is 50.4 Å². The Labute approximate surface area is 198 Å². The number of nitrogens with one attached hydrogen (secondary N) is 1. The zero-order valence-electron chi connectivity index (χ0n) is 18.6. The lowest BCUT2D eigenvalue weighted by Gasteiger charge is -2.26. The number of carboxylic acids is 1. The quantitative estimate of drug-likeness (QED) is 0.437. The number of alkyl halides is 3. The van der Waals surface area contributed by atoms with Crippen molar-refractivity contribution in [1.82, 2.24) is 14.3 Å². The molecule has 2 heterocycles. The van der Waals surface area contributed by atoms with E-state index in [2.05, 4.69) is 4.98 Å². The molecule has 1 fully saturated rings. The zero-order valence-corrected chi connectivity index (χ0v) is 19.5. The molecule has 1 aromatic carbocycles. The van der Waals surface area contributed by atoms with Gasteiger partial charge in [-0.1, -0.05) is 19.3 Å². The van der Waals surface area contributed by atoms with Gasteiger partial charge >= 0.3 is 12.1 Å². The van der Waals surface area contributed by atoms with Crippen LogP contribution in [0.2, 0.25) is 0 Å². The van der Waals surface area contributed by atoms with Gasteiger partial charge in [0.15, 0.2) is 0 Å². The van der Waals surface area contributed by atoms with Crippen molar-refractivity contribution < 1.29 is 35.9 Å². The predicted octanol–water partition coefficient (Wildman–Crippen LogP) is 5.27. The topological polar surface area (TPSA) is 101 Å². The third kappa shape index (κ3) is 4.90. The van der Waals surface area contributed by atoms with Crippen molar-refractivity contribution in [2.75, 3.05) is 0 Å². The fourth-order valence-electron chi connectivity index (χ4n) is 4.52. The van der Waals surface area contributed by atoms with Gasteiger partial charge in [0.05, 0.1) is 17.0 Å². The molecule has 2 aromatic heterocycles. The van der Waals surface area contributed by atoms with Crippen LogP contribution in [0, 0.1) is 5.82 Å². The molecular weight excluding hydrogens is 490 g/mol. The number of carbonyl (C=O) groups is 1. The van der Waals surface area contributed by atoms with E-state index in [1.165, 1.54) is 18.2 Å². The second-order valence-corrected chi connectivity index (χ2v) is 10.3. The fourth-order valence-corrected chi connectivity index (χ4v) is 5.69. The summed E-state index contributed by atoms with van der Waals surface area (Å²) in [5, 5.41) is 10.2. The van der Waals surface area contributed by atoms with Gasteiger partial charge in [0, 0.05) is 23.1 Å². The number of pyridine rings is 1. The third-order valence-corrected chi connectivity index (χ3v) is 7.76. The Kier molecular flexibility index (Phi) is 6.62. The first-order valence-corrected chi connectivity index (χ1v) is 12.5. The van der Waals surface area contributed by atoms with E-state index < -0.39 is 38.9 Å². The number of aromatic carboxylic acids is 1. The summed E-state index contributed by atoms with van der Waals surface area (Å²) in [6.07, 6.45) is 0.572. The predicted molar refractivity (Wildman–Crippen MR) is 120 cm³/mol. The summed E-state index contributed by atoms with van der Waals surface area (Å²) in [4.78, 5) is 15.9. The minimum absolute atomic E-state index is 0.0701. The van der Waals surface area contributed by atoms with Crippen molar-refractivity contribution >= 4 is 26.9 Å². The van der Waals surface area contributed by atoms with Crippen LogP contribution >= 0.6 is 0 Å². The van der Waals surface area contributed by atoms with Crippen LogP contribution in [0.15, 0.2) is 41.4 Å². The number of halogens is 4. The highest BCUT2D eigenvalue weighted by Gasteiger charge is 2.39. The molecule has 0 radical (unpaired) electrons. The lowest BCUT2D eigenvalue weighted by atomic mass is 9.95. The van der Waals surface area contributed by atoms with Crippen molar-refractivity contribution in [3.05, 3.63) is 47.9 Å². The van der Waals surface area contributed by atoms with E-state index in [1.807, 2.05) is 4.57 Å². The van der Waals surface area contributed by atoms with Crippen molar-refractivity contribution in [2.24, 2.45) is 0 Å². The van der Waals surface area contributed by atoms with Crippen molar-refractivity contribution in [2.45, 2.75) is 62.2 Å². The molecule has 2 N–H and O–H groups in total. The van der Waals surface area contributed by atoms with Crippen molar-refractivity contribution in [1.29, 1.82) is 0 Å². The first-order valence-electron chi connectivity index (χ1n) is 11.0. The van der Waals surface area contributed by atoms with Gasteiger partial charge in [0.1, 0.15) is 16.8 Å². The van der Waals surface area contributed by atoms with Gasteiger partial charge in [0.25, 0.3) is 0 Å². The maximum atomic E-state index is 14.1. The monoisotopic (exact) mass is 513 g/mol. The normalized spacial score (nSPS) is 16.5. The van der Waals surface area contributed by atoms with Gasteiger partial charge in [-0.05, 0) is 50.1 Å². The number of sulfonamides is 1. The molecule has 12 heteroatoms. The van der Waals surface area contributed by atoms with Crippen LogP contribution in [-0.2, 0) is 10.0 Å². The lowest BCUT2D eigenvalue weighted by molar-refractivity contribution is -0.147. The van der Waals surface area contributed by atoms with E-state index in [0.29, 0.717) is 12.4 Å². The minimum atomic E-state index is -4.77. The summed E-state index contributed by atoms with van der Waals surface area (Å²) in [5.74, 6) is -1.91. The third-order valence-electron chi connectivity index (χ3n) is 6.23. The first-order chi connectivity index (χ1) is 16.4. The van der Waals surface area contributed by atoms with Crippen molar-refractivity contribution in [3.8, 4) is 11.4 Å². The van der Waals surface area contributed by atoms with E-state index >= 15 is 0 Å². The molecule has 188 valence electrons. The van der Waals surface area contributed by atoms with E-state index in [4.69, 9.17) is 0 Å². The van der Waals surface area contributed by atoms with Gasteiger partial charge in [0.2, 0.25) is 10.0 Å². The number of hydrogen-bond acceptors (Lipinski definition) is 4. The maximum Gasteiger partial charge on any atom is 0.404 e. The number of hydrogen-bond donors (Lipinski definition) is 2. The number of fused-ring (bicyclic) bond motifs is 1. The van der Waals surface area contributed by atoms with Gasteiger partial charge < -0.3 is 9.67 Å². The van der Waals surface area contributed by atoms with Gasteiger partial charge in [-0.25, -0.2) is 17.6 Å². The number of aromatic nitrogens is 2. The molecule has 1 aliphatic rings. The molecule has 4 rings (SSSR count). The Morgan fingerprint density at radius 1 is 1.17 bits per heavy atom. The number of rotatable bonds is 6.